The van der Waals surface area contributed by atoms with Gasteiger partial charge in [-0.1, -0.05) is 12.1 Å². The van der Waals surface area contributed by atoms with Gasteiger partial charge in [0.05, 0.1) is 6.61 Å². The van der Waals surface area contributed by atoms with E-state index in [9.17, 15) is 19.1 Å². The van der Waals surface area contributed by atoms with Crippen LogP contribution < -0.4 is 10.9 Å². The number of amides is 1. The Morgan fingerprint density at radius 2 is 2.27 bits per heavy atom. The lowest BCUT2D eigenvalue weighted by atomic mass is 10.1. The van der Waals surface area contributed by atoms with Gasteiger partial charge in [0.25, 0.3) is 11.5 Å². The topological polar surface area (TPSA) is 93.5 Å². The van der Waals surface area contributed by atoms with E-state index in [4.69, 9.17) is 4.74 Å². The summed E-state index contributed by atoms with van der Waals surface area (Å²) in [6.45, 7) is 2.73. The summed E-state index contributed by atoms with van der Waals surface area (Å²) in [5.41, 5.74) is 0.179. The average Bonchev–Trinajstić information content (AvgIpc) is 3.15. The van der Waals surface area contributed by atoms with Crippen LogP contribution in [0.25, 0.3) is 0 Å². The van der Waals surface area contributed by atoms with Crippen LogP contribution in [0, 0.1) is 12.7 Å². The fourth-order valence-electron chi connectivity index (χ4n) is 2.95. The number of benzene rings is 1. The number of hydrogen-bond acceptors (Lipinski definition) is 5. The normalized spacial score (nSPS) is 16.7. The van der Waals surface area contributed by atoms with Crippen LogP contribution in [0.4, 0.5) is 4.39 Å². The van der Waals surface area contributed by atoms with Gasteiger partial charge in [-0.05, 0) is 30.5 Å². The van der Waals surface area contributed by atoms with Gasteiger partial charge in [0, 0.05) is 26.1 Å². The maximum absolute atomic E-state index is 13.3. The molecule has 2 aromatic rings. The molecule has 0 saturated carbocycles. The minimum absolute atomic E-state index is 0.0976. The molecule has 1 aliphatic heterocycles. The highest BCUT2D eigenvalue weighted by Crippen LogP contribution is 2.24. The third-order valence-corrected chi connectivity index (χ3v) is 4.49. The number of nitrogens with zero attached hydrogens (tertiary/aromatic N) is 2. The van der Waals surface area contributed by atoms with E-state index >= 15 is 0 Å². The fourth-order valence-corrected chi connectivity index (χ4v) is 2.95. The Bertz CT molecular complexity index is 904. The Morgan fingerprint density at radius 1 is 1.50 bits per heavy atom. The Balaban J connectivity index is 1.84. The van der Waals surface area contributed by atoms with Crippen LogP contribution in [0.15, 0.2) is 23.0 Å². The molecule has 2 N–H and O–H groups in total. The Morgan fingerprint density at radius 3 is 2.92 bits per heavy atom. The van der Waals surface area contributed by atoms with Crippen molar-refractivity contribution in [2.45, 2.75) is 25.8 Å². The van der Waals surface area contributed by atoms with Crippen molar-refractivity contribution in [3.63, 3.8) is 0 Å². The lowest BCUT2D eigenvalue weighted by molar-refractivity contribution is 0.0941. The van der Waals surface area contributed by atoms with Crippen LogP contribution in [0.2, 0.25) is 0 Å². The van der Waals surface area contributed by atoms with E-state index in [-0.39, 0.29) is 24.0 Å². The van der Waals surface area contributed by atoms with Crippen molar-refractivity contribution in [2.24, 2.45) is 7.05 Å². The SMILES string of the molecule is Cc1cc(CNC(=O)c2nc(C3CCOC3)n(C)c(=O)c2O)ccc1F. The van der Waals surface area contributed by atoms with E-state index in [0.29, 0.717) is 36.6 Å². The Labute approximate surface area is 149 Å². The molecule has 0 aliphatic carbocycles. The lowest BCUT2D eigenvalue weighted by Crippen LogP contribution is -2.31. The summed E-state index contributed by atoms with van der Waals surface area (Å²) in [6, 6.07) is 4.50. The number of aromatic hydroxyl groups is 1. The van der Waals surface area contributed by atoms with Gasteiger partial charge in [-0.2, -0.15) is 0 Å². The molecule has 1 unspecified atom stereocenters. The van der Waals surface area contributed by atoms with E-state index in [0.717, 1.165) is 0 Å². The summed E-state index contributed by atoms with van der Waals surface area (Å²) in [7, 11) is 1.51. The molecule has 7 nitrogen and oxygen atoms in total. The van der Waals surface area contributed by atoms with Crippen LogP contribution in [0.1, 0.15) is 39.8 Å². The third kappa shape index (κ3) is 3.45. The van der Waals surface area contributed by atoms with Crippen molar-refractivity contribution in [1.29, 1.82) is 0 Å². The van der Waals surface area contributed by atoms with Crippen molar-refractivity contribution in [3.05, 3.63) is 57.0 Å². The van der Waals surface area contributed by atoms with Gasteiger partial charge in [0.2, 0.25) is 5.75 Å². The van der Waals surface area contributed by atoms with E-state index in [2.05, 4.69) is 10.3 Å². The molecule has 26 heavy (non-hydrogen) atoms. The molecular weight excluding hydrogens is 341 g/mol. The number of halogens is 1. The third-order valence-electron chi connectivity index (χ3n) is 4.49. The highest BCUT2D eigenvalue weighted by atomic mass is 19.1. The number of nitrogens with one attached hydrogen (secondary N) is 1. The molecule has 8 heteroatoms. The van der Waals surface area contributed by atoms with E-state index in [1.807, 2.05) is 0 Å². The second-order valence-electron chi connectivity index (χ2n) is 6.36. The lowest BCUT2D eigenvalue weighted by Gasteiger charge is -2.15. The summed E-state index contributed by atoms with van der Waals surface area (Å²) in [5, 5.41) is 12.7. The quantitative estimate of drug-likeness (QED) is 0.858. The Hall–Kier alpha value is -2.74. The van der Waals surface area contributed by atoms with Gasteiger partial charge >= 0.3 is 0 Å². The number of hydrogen-bond donors (Lipinski definition) is 2. The summed E-state index contributed by atoms with van der Waals surface area (Å²) >= 11 is 0. The summed E-state index contributed by atoms with van der Waals surface area (Å²) in [5.74, 6) is -1.37. The molecule has 0 spiro atoms. The van der Waals surface area contributed by atoms with Crippen LogP contribution in [0.3, 0.4) is 0 Å². The van der Waals surface area contributed by atoms with Crippen LogP contribution >= 0.6 is 0 Å². The Kier molecular flexibility index (Phi) is 5.03. The molecule has 0 radical (unpaired) electrons. The second-order valence-corrected chi connectivity index (χ2v) is 6.36. The first-order chi connectivity index (χ1) is 12.4. The van der Waals surface area contributed by atoms with Gasteiger partial charge in [-0.25, -0.2) is 9.37 Å². The van der Waals surface area contributed by atoms with Gasteiger partial charge in [-0.3, -0.25) is 14.2 Å². The number of carbonyl (C=O) groups is 1. The first-order valence-electron chi connectivity index (χ1n) is 8.29. The molecule has 1 aliphatic rings. The molecule has 138 valence electrons. The predicted molar refractivity (Wildman–Crippen MR) is 91.6 cm³/mol. The van der Waals surface area contributed by atoms with E-state index < -0.39 is 17.2 Å². The molecule has 1 amide bonds. The number of carbonyl (C=O) groups excluding carboxylic acids is 1. The number of rotatable bonds is 4. The van der Waals surface area contributed by atoms with Gasteiger partial charge < -0.3 is 15.2 Å². The highest BCUT2D eigenvalue weighted by molar-refractivity contribution is 5.94. The molecule has 0 bridgehead atoms. The van der Waals surface area contributed by atoms with Crippen LogP contribution in [-0.4, -0.2) is 33.8 Å². The van der Waals surface area contributed by atoms with Crippen LogP contribution in [0.5, 0.6) is 5.75 Å². The maximum Gasteiger partial charge on any atom is 0.296 e. The molecule has 1 aromatic heterocycles. The molecule has 2 heterocycles. The van der Waals surface area contributed by atoms with E-state index in [1.165, 1.54) is 17.7 Å². The van der Waals surface area contributed by atoms with Gasteiger partial charge in [0.1, 0.15) is 11.6 Å². The molecule has 3 rings (SSSR count). The minimum atomic E-state index is -0.692. The van der Waals surface area contributed by atoms with Gasteiger partial charge in [-0.15, -0.1) is 0 Å². The van der Waals surface area contributed by atoms with Crippen LogP contribution in [-0.2, 0) is 18.3 Å². The highest BCUT2D eigenvalue weighted by Gasteiger charge is 2.26. The number of ether oxygens (including phenoxy) is 1. The monoisotopic (exact) mass is 361 g/mol. The van der Waals surface area contributed by atoms with Crippen molar-refractivity contribution in [1.82, 2.24) is 14.9 Å². The summed E-state index contributed by atoms with van der Waals surface area (Å²) in [4.78, 5) is 28.9. The molecule has 1 atom stereocenters. The molecular formula is C18H20FN3O4. The summed E-state index contributed by atoms with van der Waals surface area (Å²) < 4.78 is 19.9. The average molecular weight is 361 g/mol. The first kappa shape index (κ1) is 18.1. The zero-order valence-corrected chi connectivity index (χ0v) is 14.6. The maximum atomic E-state index is 13.3. The molecule has 1 aromatic carbocycles. The summed E-state index contributed by atoms with van der Waals surface area (Å²) in [6.07, 6.45) is 0.695. The number of aryl methyl sites for hydroxylation is 1. The van der Waals surface area contributed by atoms with Gasteiger partial charge in [0.15, 0.2) is 5.69 Å². The zero-order chi connectivity index (χ0) is 18.8. The van der Waals surface area contributed by atoms with Crippen molar-refractivity contribution < 1.29 is 19.0 Å². The van der Waals surface area contributed by atoms with Crippen molar-refractivity contribution in [3.8, 4) is 5.75 Å². The standard InChI is InChI=1S/C18H20FN3O4/c1-10-7-11(3-4-13(10)19)8-20-17(24)14-15(23)18(25)22(2)16(21-14)12-5-6-26-9-12/h3-4,7,12,23H,5-6,8-9H2,1-2H3,(H,20,24). The molecule has 1 fully saturated rings. The second kappa shape index (κ2) is 7.25. The first-order valence-corrected chi connectivity index (χ1v) is 8.29. The predicted octanol–water partition coefficient (Wildman–Crippen LogP) is 1.37. The van der Waals surface area contributed by atoms with Crippen molar-refractivity contribution >= 4 is 5.91 Å². The largest absolute Gasteiger partial charge is 0.501 e. The van der Waals surface area contributed by atoms with Crippen molar-refractivity contribution in [2.75, 3.05) is 13.2 Å². The van der Waals surface area contributed by atoms with E-state index in [1.54, 1.807) is 19.1 Å². The minimum Gasteiger partial charge on any atom is -0.501 e. The zero-order valence-electron chi connectivity index (χ0n) is 14.6. The smallest absolute Gasteiger partial charge is 0.296 e. The fraction of sp³-hybridized carbons (Fsp3) is 0.389. The molecule has 1 saturated heterocycles. The number of aromatic nitrogens is 2.